The highest BCUT2D eigenvalue weighted by molar-refractivity contribution is 4.77. The number of hydrogen-bond acceptors (Lipinski definition) is 3. The summed E-state index contributed by atoms with van der Waals surface area (Å²) >= 11 is 0. The summed E-state index contributed by atoms with van der Waals surface area (Å²) in [5, 5.41) is 0. The van der Waals surface area contributed by atoms with Crippen LogP contribution in [-0.4, -0.2) is 55.6 Å². The van der Waals surface area contributed by atoms with Gasteiger partial charge in [-0.2, -0.15) is 0 Å². The van der Waals surface area contributed by atoms with Crippen molar-refractivity contribution < 1.29 is 0 Å². The number of nitrogens with zero attached hydrogens (tertiary/aromatic N) is 2. The quantitative estimate of drug-likeness (QED) is 0.737. The van der Waals surface area contributed by atoms with Crippen LogP contribution in [0.5, 0.6) is 0 Å². The summed E-state index contributed by atoms with van der Waals surface area (Å²) in [6, 6.07) is 0.725. The fraction of sp³-hybridized carbons (Fsp3) is 1.00. The van der Waals surface area contributed by atoms with Gasteiger partial charge in [0.1, 0.15) is 0 Å². The average molecular weight is 241 g/mol. The van der Waals surface area contributed by atoms with Crippen molar-refractivity contribution in [2.45, 2.75) is 45.6 Å². The van der Waals surface area contributed by atoms with Gasteiger partial charge in [0.25, 0.3) is 0 Å². The Balaban J connectivity index is 2.17. The molecule has 1 rings (SSSR count). The van der Waals surface area contributed by atoms with Crippen molar-refractivity contribution in [1.82, 2.24) is 9.80 Å². The van der Waals surface area contributed by atoms with Crippen LogP contribution in [0.3, 0.4) is 0 Å². The zero-order valence-electron chi connectivity index (χ0n) is 12.0. The van der Waals surface area contributed by atoms with Gasteiger partial charge in [0.15, 0.2) is 0 Å². The summed E-state index contributed by atoms with van der Waals surface area (Å²) < 4.78 is 0. The smallest absolute Gasteiger partial charge is 0.0195 e. The van der Waals surface area contributed by atoms with Crippen LogP contribution < -0.4 is 5.73 Å². The van der Waals surface area contributed by atoms with E-state index in [9.17, 15) is 0 Å². The van der Waals surface area contributed by atoms with E-state index in [1.807, 2.05) is 0 Å². The lowest BCUT2D eigenvalue weighted by Gasteiger charge is -2.38. The summed E-state index contributed by atoms with van der Waals surface area (Å²) in [5.41, 5.74) is 5.64. The summed E-state index contributed by atoms with van der Waals surface area (Å²) in [7, 11) is 2.22. The molecule has 0 radical (unpaired) electrons. The Bertz CT molecular complexity index is 196. The van der Waals surface area contributed by atoms with Crippen LogP contribution in [0.25, 0.3) is 0 Å². The van der Waals surface area contributed by atoms with E-state index in [1.165, 1.54) is 51.9 Å². The molecule has 1 aliphatic heterocycles. The molecule has 1 heterocycles. The Kier molecular flexibility index (Phi) is 7.09. The standard InChI is InChI=1S/C14H31N3/c1-4-14(7-8-15)6-5-9-17-11-10-16(3)12-13(17)2/h13-14H,4-12,15H2,1-3H3. The summed E-state index contributed by atoms with van der Waals surface area (Å²) in [5.74, 6) is 0.850. The van der Waals surface area contributed by atoms with Crippen LogP contribution in [0.1, 0.15) is 39.5 Å². The van der Waals surface area contributed by atoms with Gasteiger partial charge in [-0.05, 0) is 52.2 Å². The number of rotatable bonds is 7. The van der Waals surface area contributed by atoms with Crippen molar-refractivity contribution in [3.8, 4) is 0 Å². The fourth-order valence-corrected chi connectivity index (χ4v) is 2.88. The molecule has 102 valence electrons. The second-order valence-electron chi connectivity index (χ2n) is 5.64. The Hall–Kier alpha value is -0.120. The average Bonchev–Trinajstić information content (AvgIpc) is 2.30. The van der Waals surface area contributed by atoms with E-state index in [0.717, 1.165) is 18.5 Å². The van der Waals surface area contributed by atoms with Crippen LogP contribution in [0.4, 0.5) is 0 Å². The number of nitrogens with two attached hydrogens (primary N) is 1. The van der Waals surface area contributed by atoms with E-state index in [4.69, 9.17) is 5.73 Å². The molecule has 0 bridgehead atoms. The van der Waals surface area contributed by atoms with Crippen LogP contribution in [-0.2, 0) is 0 Å². The van der Waals surface area contributed by atoms with Crippen LogP contribution in [0, 0.1) is 5.92 Å². The van der Waals surface area contributed by atoms with Crippen molar-refractivity contribution in [3.05, 3.63) is 0 Å². The highest BCUT2D eigenvalue weighted by Gasteiger charge is 2.20. The highest BCUT2D eigenvalue weighted by Crippen LogP contribution is 2.16. The number of piperazine rings is 1. The normalized spacial score (nSPS) is 25.1. The van der Waals surface area contributed by atoms with Crippen molar-refractivity contribution in [2.24, 2.45) is 11.7 Å². The number of hydrogen-bond donors (Lipinski definition) is 1. The lowest BCUT2D eigenvalue weighted by Crippen LogP contribution is -2.50. The number of likely N-dealkylation sites (N-methyl/N-ethyl adjacent to an activating group) is 1. The maximum Gasteiger partial charge on any atom is 0.0195 e. The first-order valence-corrected chi connectivity index (χ1v) is 7.30. The van der Waals surface area contributed by atoms with Gasteiger partial charge in [0.2, 0.25) is 0 Å². The molecular formula is C14H31N3. The molecule has 2 atom stereocenters. The molecule has 1 saturated heterocycles. The second kappa shape index (κ2) is 8.06. The third-order valence-electron chi connectivity index (χ3n) is 4.18. The van der Waals surface area contributed by atoms with Crippen LogP contribution >= 0.6 is 0 Å². The van der Waals surface area contributed by atoms with Gasteiger partial charge in [-0.3, -0.25) is 4.90 Å². The van der Waals surface area contributed by atoms with Gasteiger partial charge in [0.05, 0.1) is 0 Å². The van der Waals surface area contributed by atoms with Crippen molar-refractivity contribution >= 4 is 0 Å². The SMILES string of the molecule is CCC(CCN)CCCN1CCN(C)CC1C. The third-order valence-corrected chi connectivity index (χ3v) is 4.18. The van der Waals surface area contributed by atoms with Gasteiger partial charge in [0, 0.05) is 25.7 Å². The van der Waals surface area contributed by atoms with E-state index < -0.39 is 0 Å². The third kappa shape index (κ3) is 5.36. The second-order valence-corrected chi connectivity index (χ2v) is 5.64. The van der Waals surface area contributed by atoms with Crippen LogP contribution in [0.2, 0.25) is 0 Å². The van der Waals surface area contributed by atoms with Gasteiger partial charge >= 0.3 is 0 Å². The molecule has 0 aromatic carbocycles. The van der Waals surface area contributed by atoms with E-state index in [1.54, 1.807) is 0 Å². The highest BCUT2D eigenvalue weighted by atomic mass is 15.3. The van der Waals surface area contributed by atoms with E-state index >= 15 is 0 Å². The van der Waals surface area contributed by atoms with E-state index in [2.05, 4.69) is 30.7 Å². The lowest BCUT2D eigenvalue weighted by molar-refractivity contribution is 0.0970. The Morgan fingerprint density at radius 3 is 2.65 bits per heavy atom. The molecule has 2 N–H and O–H groups in total. The topological polar surface area (TPSA) is 32.5 Å². The zero-order valence-corrected chi connectivity index (χ0v) is 12.0. The van der Waals surface area contributed by atoms with Crippen molar-refractivity contribution in [2.75, 3.05) is 39.8 Å². The van der Waals surface area contributed by atoms with Gasteiger partial charge in [-0.1, -0.05) is 13.3 Å². The first-order valence-electron chi connectivity index (χ1n) is 7.30. The molecule has 0 spiro atoms. The molecule has 0 aromatic heterocycles. The summed E-state index contributed by atoms with van der Waals surface area (Å²) in [6.45, 7) is 10.5. The van der Waals surface area contributed by atoms with Gasteiger partial charge in [-0.25, -0.2) is 0 Å². The molecule has 1 fully saturated rings. The molecule has 0 amide bonds. The molecule has 2 unspecified atom stereocenters. The maximum absolute atomic E-state index is 5.64. The van der Waals surface area contributed by atoms with Crippen molar-refractivity contribution in [1.29, 1.82) is 0 Å². The molecule has 0 aliphatic carbocycles. The fourth-order valence-electron chi connectivity index (χ4n) is 2.88. The zero-order chi connectivity index (χ0) is 12.7. The molecule has 1 aliphatic rings. The van der Waals surface area contributed by atoms with Gasteiger partial charge in [-0.15, -0.1) is 0 Å². The van der Waals surface area contributed by atoms with E-state index in [0.29, 0.717) is 0 Å². The predicted octanol–water partition coefficient (Wildman–Crippen LogP) is 1.78. The molecular weight excluding hydrogens is 210 g/mol. The maximum atomic E-state index is 5.64. The minimum absolute atomic E-state index is 0.725. The summed E-state index contributed by atoms with van der Waals surface area (Å²) in [6.07, 6.45) is 5.18. The molecule has 17 heavy (non-hydrogen) atoms. The minimum Gasteiger partial charge on any atom is -0.330 e. The van der Waals surface area contributed by atoms with E-state index in [-0.39, 0.29) is 0 Å². The predicted molar refractivity (Wildman–Crippen MR) is 75.2 cm³/mol. The monoisotopic (exact) mass is 241 g/mol. The molecule has 0 saturated carbocycles. The lowest BCUT2D eigenvalue weighted by atomic mass is 9.96. The molecule has 0 aromatic rings. The molecule has 3 nitrogen and oxygen atoms in total. The Morgan fingerprint density at radius 1 is 1.29 bits per heavy atom. The Labute approximate surface area is 107 Å². The van der Waals surface area contributed by atoms with Gasteiger partial charge < -0.3 is 10.6 Å². The Morgan fingerprint density at radius 2 is 2.06 bits per heavy atom. The first kappa shape index (κ1) is 14.9. The van der Waals surface area contributed by atoms with Crippen molar-refractivity contribution in [3.63, 3.8) is 0 Å². The van der Waals surface area contributed by atoms with Crippen LogP contribution in [0.15, 0.2) is 0 Å². The molecule has 3 heteroatoms. The first-order chi connectivity index (χ1) is 8.17. The largest absolute Gasteiger partial charge is 0.330 e. The summed E-state index contributed by atoms with van der Waals surface area (Å²) in [4.78, 5) is 5.08. The minimum atomic E-state index is 0.725.